The molecule has 0 amide bonds. The average molecular weight is 389 g/mol. The van der Waals surface area contributed by atoms with Crippen molar-refractivity contribution in [1.82, 2.24) is 0 Å². The highest BCUT2D eigenvalue weighted by molar-refractivity contribution is 5.86. The number of carboxylic acids is 1. The van der Waals surface area contributed by atoms with Crippen LogP contribution in [-0.2, 0) is 22.4 Å². The third-order valence-corrected chi connectivity index (χ3v) is 5.28. The Hall–Kier alpha value is -2.95. The molecule has 0 spiro atoms. The zero-order chi connectivity index (χ0) is 21.2. The first-order valence-corrected chi connectivity index (χ1v) is 9.65. The predicted octanol–water partition coefficient (Wildman–Crippen LogP) is 4.43. The Kier molecular flexibility index (Phi) is 5.60. The van der Waals surface area contributed by atoms with E-state index in [1.54, 1.807) is 36.4 Å². The summed E-state index contributed by atoms with van der Waals surface area (Å²) in [4.78, 5) is 12.3. The van der Waals surface area contributed by atoms with Gasteiger partial charge in [0, 0.05) is 12.1 Å². The van der Waals surface area contributed by atoms with Gasteiger partial charge < -0.3 is 15.9 Å². The van der Waals surface area contributed by atoms with Gasteiger partial charge >= 0.3 is 5.97 Å². The minimum atomic E-state index is -2.20. The molecule has 29 heavy (non-hydrogen) atoms. The van der Waals surface area contributed by atoms with E-state index < -0.39 is 11.6 Å². The first-order chi connectivity index (χ1) is 13.7. The molecule has 0 saturated carbocycles. The van der Waals surface area contributed by atoms with Crippen molar-refractivity contribution in [3.05, 3.63) is 95.1 Å². The van der Waals surface area contributed by atoms with Gasteiger partial charge in [-0.1, -0.05) is 93.6 Å². The number of aliphatic hydroxyl groups is 1. The topological polar surface area (TPSA) is 83.5 Å². The van der Waals surface area contributed by atoms with Gasteiger partial charge in [-0.05, 0) is 33.2 Å². The van der Waals surface area contributed by atoms with E-state index in [9.17, 15) is 15.0 Å². The number of rotatable bonds is 5. The third-order valence-electron chi connectivity index (χ3n) is 5.28. The molecule has 4 nitrogen and oxygen atoms in total. The highest BCUT2D eigenvalue weighted by Crippen LogP contribution is 2.41. The molecule has 0 radical (unpaired) electrons. The summed E-state index contributed by atoms with van der Waals surface area (Å²) < 4.78 is 0. The van der Waals surface area contributed by atoms with Crippen molar-refractivity contribution in [1.29, 1.82) is 0 Å². The highest BCUT2D eigenvalue weighted by atomic mass is 16.4. The largest absolute Gasteiger partial charge is 0.479 e. The molecule has 1 unspecified atom stereocenters. The van der Waals surface area contributed by atoms with Crippen LogP contribution in [0.2, 0.25) is 0 Å². The molecule has 3 rings (SSSR count). The van der Waals surface area contributed by atoms with E-state index in [4.69, 9.17) is 5.73 Å². The summed E-state index contributed by atoms with van der Waals surface area (Å²) >= 11 is 0. The van der Waals surface area contributed by atoms with E-state index in [-0.39, 0.29) is 12.0 Å². The molecule has 0 heterocycles. The van der Waals surface area contributed by atoms with Gasteiger partial charge in [0.2, 0.25) is 5.60 Å². The SMILES string of the molecule is CC(C)(C)c1ccc(C(O)(C(=O)O)c2ccccc2)c(CN)c1-c1ccccc1. The lowest BCUT2D eigenvalue weighted by atomic mass is 9.75. The normalized spacial score (nSPS) is 13.7. The van der Waals surface area contributed by atoms with E-state index in [1.807, 2.05) is 36.4 Å². The average Bonchev–Trinajstić information content (AvgIpc) is 2.72. The molecule has 3 aromatic carbocycles. The molecule has 150 valence electrons. The molecular formula is C25H27NO3. The molecule has 0 fully saturated rings. The Morgan fingerprint density at radius 3 is 1.86 bits per heavy atom. The van der Waals surface area contributed by atoms with Gasteiger partial charge in [-0.25, -0.2) is 4.79 Å². The Bertz CT molecular complexity index is 1010. The summed E-state index contributed by atoms with van der Waals surface area (Å²) in [5, 5.41) is 21.5. The van der Waals surface area contributed by atoms with E-state index in [0.29, 0.717) is 16.7 Å². The lowest BCUT2D eigenvalue weighted by molar-refractivity contribution is -0.155. The summed E-state index contributed by atoms with van der Waals surface area (Å²) in [6.07, 6.45) is 0. The molecular weight excluding hydrogens is 362 g/mol. The second kappa shape index (κ2) is 7.82. The lowest BCUT2D eigenvalue weighted by Gasteiger charge is -2.32. The number of aliphatic carboxylic acids is 1. The van der Waals surface area contributed by atoms with E-state index in [1.165, 1.54) is 0 Å². The van der Waals surface area contributed by atoms with Crippen LogP contribution in [0.4, 0.5) is 0 Å². The molecule has 1 atom stereocenters. The first kappa shape index (κ1) is 20.8. The standard InChI is InChI=1S/C25H27NO3/c1-24(2,3)21-15-14-20(19(16-26)22(21)17-10-6-4-7-11-17)25(29,23(27)28)18-12-8-5-9-13-18/h4-15,29H,16,26H2,1-3H3,(H,27,28). The Labute approximate surface area is 171 Å². The van der Waals surface area contributed by atoms with Gasteiger partial charge in [0.05, 0.1) is 0 Å². The summed E-state index contributed by atoms with van der Waals surface area (Å²) in [6.45, 7) is 6.42. The van der Waals surface area contributed by atoms with Gasteiger partial charge in [-0.2, -0.15) is 0 Å². The maximum atomic E-state index is 12.3. The van der Waals surface area contributed by atoms with Crippen LogP contribution in [-0.4, -0.2) is 16.2 Å². The Morgan fingerprint density at radius 2 is 1.38 bits per heavy atom. The van der Waals surface area contributed by atoms with Crippen LogP contribution >= 0.6 is 0 Å². The molecule has 0 saturated heterocycles. The molecule has 4 heteroatoms. The minimum absolute atomic E-state index is 0.103. The summed E-state index contributed by atoms with van der Waals surface area (Å²) in [5.41, 5.74) is 7.89. The number of hydrogen-bond acceptors (Lipinski definition) is 3. The number of nitrogens with two attached hydrogens (primary N) is 1. The zero-order valence-electron chi connectivity index (χ0n) is 17.0. The van der Waals surface area contributed by atoms with Gasteiger partial charge in [0.1, 0.15) is 0 Å². The third kappa shape index (κ3) is 3.69. The van der Waals surface area contributed by atoms with Crippen molar-refractivity contribution in [2.24, 2.45) is 5.73 Å². The summed E-state index contributed by atoms with van der Waals surface area (Å²) in [6, 6.07) is 21.8. The van der Waals surface area contributed by atoms with E-state index in [2.05, 4.69) is 20.8 Å². The quantitative estimate of drug-likeness (QED) is 0.603. The molecule has 0 aliphatic rings. The molecule has 4 N–H and O–H groups in total. The monoisotopic (exact) mass is 389 g/mol. The zero-order valence-corrected chi connectivity index (χ0v) is 17.0. The second-order valence-corrected chi connectivity index (χ2v) is 8.22. The van der Waals surface area contributed by atoms with Crippen molar-refractivity contribution >= 4 is 5.97 Å². The van der Waals surface area contributed by atoms with Crippen LogP contribution in [0.1, 0.15) is 43.0 Å². The number of hydrogen-bond donors (Lipinski definition) is 3. The van der Waals surface area contributed by atoms with E-state index >= 15 is 0 Å². The van der Waals surface area contributed by atoms with Crippen LogP contribution in [0.3, 0.4) is 0 Å². The van der Waals surface area contributed by atoms with Crippen LogP contribution in [0.5, 0.6) is 0 Å². The van der Waals surface area contributed by atoms with Gasteiger partial charge in [0.15, 0.2) is 0 Å². The first-order valence-electron chi connectivity index (χ1n) is 9.65. The Morgan fingerprint density at radius 1 is 0.862 bits per heavy atom. The van der Waals surface area contributed by atoms with Crippen molar-refractivity contribution in [3.63, 3.8) is 0 Å². The number of carbonyl (C=O) groups is 1. The van der Waals surface area contributed by atoms with Crippen LogP contribution in [0.15, 0.2) is 72.8 Å². The van der Waals surface area contributed by atoms with Crippen LogP contribution in [0, 0.1) is 0 Å². The van der Waals surface area contributed by atoms with Gasteiger partial charge in [-0.3, -0.25) is 0 Å². The molecule has 0 aliphatic carbocycles. The fourth-order valence-corrected chi connectivity index (χ4v) is 3.83. The highest BCUT2D eigenvalue weighted by Gasteiger charge is 2.42. The lowest BCUT2D eigenvalue weighted by Crippen LogP contribution is -2.38. The fourth-order valence-electron chi connectivity index (χ4n) is 3.83. The van der Waals surface area contributed by atoms with Crippen molar-refractivity contribution < 1.29 is 15.0 Å². The Balaban J connectivity index is 2.41. The van der Waals surface area contributed by atoms with Crippen molar-refractivity contribution in [2.45, 2.75) is 38.3 Å². The fraction of sp³-hybridized carbons (Fsp3) is 0.240. The minimum Gasteiger partial charge on any atom is -0.479 e. The molecule has 3 aromatic rings. The van der Waals surface area contributed by atoms with Gasteiger partial charge in [0.25, 0.3) is 0 Å². The predicted molar refractivity (Wildman–Crippen MR) is 116 cm³/mol. The van der Waals surface area contributed by atoms with Crippen molar-refractivity contribution in [2.75, 3.05) is 0 Å². The van der Waals surface area contributed by atoms with E-state index in [0.717, 1.165) is 16.7 Å². The molecule has 0 aromatic heterocycles. The maximum Gasteiger partial charge on any atom is 0.345 e. The number of benzene rings is 3. The molecule has 0 aliphatic heterocycles. The summed E-state index contributed by atoms with van der Waals surface area (Å²) in [5.74, 6) is -1.33. The van der Waals surface area contributed by atoms with Gasteiger partial charge in [-0.15, -0.1) is 0 Å². The van der Waals surface area contributed by atoms with Crippen LogP contribution in [0.25, 0.3) is 11.1 Å². The number of carboxylic acid groups (broad SMARTS) is 1. The molecule has 0 bridgehead atoms. The summed E-state index contributed by atoms with van der Waals surface area (Å²) in [7, 11) is 0. The maximum absolute atomic E-state index is 12.3. The van der Waals surface area contributed by atoms with Crippen LogP contribution < -0.4 is 5.73 Å². The van der Waals surface area contributed by atoms with Crippen molar-refractivity contribution in [3.8, 4) is 11.1 Å². The smallest absolute Gasteiger partial charge is 0.345 e. The second-order valence-electron chi connectivity index (χ2n) is 8.22.